The lowest BCUT2D eigenvalue weighted by atomic mass is 10.2. The molecule has 3 aromatic carbocycles. The van der Waals surface area contributed by atoms with Crippen molar-refractivity contribution >= 4 is 38.2 Å². The fourth-order valence-corrected chi connectivity index (χ4v) is 4.93. The summed E-state index contributed by atoms with van der Waals surface area (Å²) in [5, 5.41) is 18.3. The van der Waals surface area contributed by atoms with Crippen LogP contribution < -0.4 is 9.04 Å². The molecule has 1 amide bonds. The van der Waals surface area contributed by atoms with Gasteiger partial charge in [0.2, 0.25) is 5.88 Å². The Balaban J connectivity index is 1.73. The van der Waals surface area contributed by atoms with E-state index in [9.17, 15) is 18.3 Å². The number of hydrogen-bond donors (Lipinski definition) is 2. The van der Waals surface area contributed by atoms with Crippen molar-refractivity contribution in [3.05, 3.63) is 78.4 Å². The maximum Gasteiger partial charge on any atom is 0.285 e. The SMILES string of the molecule is COc1ccc(C)cc1N(CC(=O)N=Nc1c(O)[nH]c2ccccc12)S(=O)(=O)c1ccccc1. The molecule has 174 valence electrons. The highest BCUT2D eigenvalue weighted by atomic mass is 32.2. The number of carbonyl (C=O) groups excluding carboxylic acids is 1. The summed E-state index contributed by atoms with van der Waals surface area (Å²) in [6.07, 6.45) is 0. The monoisotopic (exact) mass is 478 g/mol. The number of carbonyl (C=O) groups is 1. The van der Waals surface area contributed by atoms with Crippen LogP contribution >= 0.6 is 0 Å². The summed E-state index contributed by atoms with van der Waals surface area (Å²) in [7, 11) is -2.72. The summed E-state index contributed by atoms with van der Waals surface area (Å²) < 4.78 is 33.3. The van der Waals surface area contributed by atoms with E-state index in [1.165, 1.54) is 19.2 Å². The van der Waals surface area contributed by atoms with E-state index in [0.29, 0.717) is 10.9 Å². The van der Waals surface area contributed by atoms with Crippen molar-refractivity contribution in [1.82, 2.24) is 4.98 Å². The highest BCUT2D eigenvalue weighted by Gasteiger charge is 2.29. The predicted molar refractivity (Wildman–Crippen MR) is 128 cm³/mol. The lowest BCUT2D eigenvalue weighted by molar-refractivity contribution is -0.116. The Bertz CT molecular complexity index is 1480. The average molecular weight is 479 g/mol. The molecule has 34 heavy (non-hydrogen) atoms. The number of anilines is 1. The normalized spacial score (nSPS) is 11.7. The van der Waals surface area contributed by atoms with Gasteiger partial charge in [0.25, 0.3) is 15.9 Å². The van der Waals surface area contributed by atoms with Crippen LogP contribution in [0.2, 0.25) is 0 Å². The van der Waals surface area contributed by atoms with Gasteiger partial charge in [-0.1, -0.05) is 42.5 Å². The van der Waals surface area contributed by atoms with Gasteiger partial charge in [0.1, 0.15) is 12.3 Å². The van der Waals surface area contributed by atoms with E-state index >= 15 is 0 Å². The molecular weight excluding hydrogens is 456 g/mol. The third-order valence-corrected chi connectivity index (χ3v) is 6.91. The number of aryl methyl sites for hydroxylation is 1. The molecule has 0 fully saturated rings. The molecule has 1 aromatic heterocycles. The van der Waals surface area contributed by atoms with Gasteiger partial charge in [-0.05, 0) is 42.8 Å². The number of aromatic amines is 1. The van der Waals surface area contributed by atoms with Crippen molar-refractivity contribution < 1.29 is 23.1 Å². The van der Waals surface area contributed by atoms with Crippen LogP contribution in [0.25, 0.3) is 10.9 Å². The molecule has 0 aliphatic rings. The van der Waals surface area contributed by atoms with E-state index in [1.54, 1.807) is 67.6 Å². The average Bonchev–Trinajstić information content (AvgIpc) is 3.16. The second-order valence-corrected chi connectivity index (χ2v) is 9.32. The minimum atomic E-state index is -4.14. The summed E-state index contributed by atoms with van der Waals surface area (Å²) in [6.45, 7) is 1.18. The number of aromatic nitrogens is 1. The molecule has 4 aromatic rings. The number of amides is 1. The van der Waals surface area contributed by atoms with E-state index < -0.39 is 22.5 Å². The Kier molecular flexibility index (Phi) is 6.33. The van der Waals surface area contributed by atoms with Crippen LogP contribution in [0, 0.1) is 6.92 Å². The predicted octanol–water partition coefficient (Wildman–Crippen LogP) is 4.70. The molecule has 0 aliphatic carbocycles. The van der Waals surface area contributed by atoms with Gasteiger partial charge in [0, 0.05) is 5.39 Å². The minimum absolute atomic E-state index is 0.0116. The summed E-state index contributed by atoms with van der Waals surface area (Å²) in [6, 6.07) is 19.8. The van der Waals surface area contributed by atoms with Crippen LogP contribution in [0.5, 0.6) is 11.6 Å². The smallest absolute Gasteiger partial charge is 0.285 e. The number of fused-ring (bicyclic) bond motifs is 1. The number of aromatic hydroxyl groups is 1. The van der Waals surface area contributed by atoms with E-state index in [1.807, 2.05) is 0 Å². The molecule has 0 radical (unpaired) electrons. The van der Waals surface area contributed by atoms with Crippen LogP contribution in [-0.2, 0) is 14.8 Å². The molecule has 0 spiro atoms. The molecule has 0 aliphatic heterocycles. The lowest BCUT2D eigenvalue weighted by Crippen LogP contribution is -2.35. The van der Waals surface area contributed by atoms with E-state index in [2.05, 4.69) is 15.2 Å². The Morgan fingerprint density at radius 3 is 2.50 bits per heavy atom. The third-order valence-electron chi connectivity index (χ3n) is 5.13. The van der Waals surface area contributed by atoms with Gasteiger partial charge >= 0.3 is 0 Å². The summed E-state index contributed by atoms with van der Waals surface area (Å²) in [5.74, 6) is -0.788. The molecule has 4 rings (SSSR count). The van der Waals surface area contributed by atoms with Gasteiger partial charge in [-0.25, -0.2) is 8.42 Å². The van der Waals surface area contributed by atoms with E-state index in [4.69, 9.17) is 4.74 Å². The standard InChI is InChI=1S/C24H22N4O5S/c1-16-12-13-21(33-2)20(14-16)28(34(31,32)17-8-4-3-5-9-17)15-22(29)26-27-23-18-10-6-7-11-19(18)25-24(23)30/h3-14,25,30H,15H2,1-2H3. The first-order valence-corrected chi connectivity index (χ1v) is 11.7. The number of azo groups is 1. The fraction of sp³-hybridized carbons (Fsp3) is 0.125. The first-order valence-electron chi connectivity index (χ1n) is 10.3. The molecule has 9 nitrogen and oxygen atoms in total. The first-order chi connectivity index (χ1) is 16.3. The molecule has 10 heteroatoms. The van der Waals surface area contributed by atoms with Crippen molar-refractivity contribution in [3.8, 4) is 11.6 Å². The molecule has 1 heterocycles. The second kappa shape index (κ2) is 9.36. The van der Waals surface area contributed by atoms with E-state index in [0.717, 1.165) is 9.87 Å². The molecular formula is C24H22N4O5S. The van der Waals surface area contributed by atoms with Crippen LogP contribution in [0.4, 0.5) is 11.4 Å². The third kappa shape index (κ3) is 4.48. The Hall–Kier alpha value is -4.18. The maximum absolute atomic E-state index is 13.5. The van der Waals surface area contributed by atoms with Gasteiger partial charge in [-0.15, -0.1) is 10.2 Å². The summed E-state index contributed by atoms with van der Waals surface area (Å²) in [4.78, 5) is 15.6. The first kappa shape index (κ1) is 23.0. The van der Waals surface area contributed by atoms with Crippen molar-refractivity contribution in [2.75, 3.05) is 18.0 Å². The number of H-pyrrole nitrogens is 1. The van der Waals surface area contributed by atoms with Crippen LogP contribution in [0.1, 0.15) is 5.56 Å². The topological polar surface area (TPSA) is 124 Å². The summed E-state index contributed by atoms with van der Waals surface area (Å²) in [5.41, 5.74) is 1.69. The van der Waals surface area contributed by atoms with Crippen LogP contribution in [-0.4, -0.2) is 38.1 Å². The number of sulfonamides is 1. The van der Waals surface area contributed by atoms with Crippen molar-refractivity contribution in [1.29, 1.82) is 0 Å². The minimum Gasteiger partial charge on any atom is -0.495 e. The number of methoxy groups -OCH3 is 1. The number of para-hydroxylation sites is 1. The zero-order valence-corrected chi connectivity index (χ0v) is 19.3. The van der Waals surface area contributed by atoms with Gasteiger partial charge in [-0.3, -0.25) is 9.10 Å². The van der Waals surface area contributed by atoms with Gasteiger partial charge in [0.15, 0.2) is 5.69 Å². The Labute approximate surface area is 196 Å². The maximum atomic E-state index is 13.5. The van der Waals surface area contributed by atoms with Crippen LogP contribution in [0.15, 0.2) is 87.9 Å². The molecule has 0 saturated carbocycles. The largest absolute Gasteiger partial charge is 0.495 e. The number of ether oxygens (including phenoxy) is 1. The Morgan fingerprint density at radius 1 is 1.06 bits per heavy atom. The van der Waals surface area contributed by atoms with Crippen molar-refractivity contribution in [2.24, 2.45) is 10.2 Å². The van der Waals surface area contributed by atoms with E-state index in [-0.39, 0.29) is 27.9 Å². The summed E-state index contributed by atoms with van der Waals surface area (Å²) >= 11 is 0. The number of nitrogens with zero attached hydrogens (tertiary/aromatic N) is 3. The number of rotatable bonds is 7. The molecule has 0 saturated heterocycles. The molecule has 0 unspecified atom stereocenters. The number of hydrogen-bond acceptors (Lipinski definition) is 6. The zero-order chi connectivity index (χ0) is 24.3. The molecule has 0 atom stereocenters. The van der Waals surface area contributed by atoms with Crippen molar-refractivity contribution in [3.63, 3.8) is 0 Å². The van der Waals surface area contributed by atoms with Crippen LogP contribution in [0.3, 0.4) is 0 Å². The highest BCUT2D eigenvalue weighted by Crippen LogP contribution is 2.36. The van der Waals surface area contributed by atoms with Gasteiger partial charge in [-0.2, -0.15) is 0 Å². The Morgan fingerprint density at radius 2 is 1.76 bits per heavy atom. The number of nitrogens with one attached hydrogen (secondary N) is 1. The second-order valence-electron chi connectivity index (χ2n) is 7.46. The molecule has 2 N–H and O–H groups in total. The van der Waals surface area contributed by atoms with Gasteiger partial charge in [0.05, 0.1) is 23.2 Å². The van der Waals surface area contributed by atoms with Gasteiger partial charge < -0.3 is 14.8 Å². The number of benzene rings is 3. The highest BCUT2D eigenvalue weighted by molar-refractivity contribution is 7.92. The quantitative estimate of drug-likeness (QED) is 0.373. The fourth-order valence-electron chi connectivity index (χ4n) is 3.49. The molecule has 0 bridgehead atoms. The lowest BCUT2D eigenvalue weighted by Gasteiger charge is -2.25. The zero-order valence-electron chi connectivity index (χ0n) is 18.5. The van der Waals surface area contributed by atoms with Crippen molar-refractivity contribution in [2.45, 2.75) is 11.8 Å².